The molecule has 0 saturated carbocycles. The average Bonchev–Trinajstić information content (AvgIpc) is 2.39. The Balaban J connectivity index is 2.28. The van der Waals surface area contributed by atoms with Gasteiger partial charge in [-0.1, -0.05) is 40.2 Å². The number of hydrogen-bond donors (Lipinski definition) is 1. The fourth-order valence-electron chi connectivity index (χ4n) is 1.86. The van der Waals surface area contributed by atoms with Crippen LogP contribution in [0, 0.1) is 0 Å². The molecule has 3 aromatic rings. The molecule has 0 unspecified atom stereocenters. The van der Waals surface area contributed by atoms with Gasteiger partial charge in [-0.05, 0) is 24.3 Å². The van der Waals surface area contributed by atoms with E-state index in [2.05, 4.69) is 25.9 Å². The number of rotatable bonds is 1. The van der Waals surface area contributed by atoms with Crippen molar-refractivity contribution in [3.63, 3.8) is 0 Å². The highest BCUT2D eigenvalue weighted by Gasteiger charge is 2.05. The lowest BCUT2D eigenvalue weighted by Crippen LogP contribution is -2.09. The maximum absolute atomic E-state index is 12.0. The van der Waals surface area contributed by atoms with E-state index in [4.69, 9.17) is 0 Å². The van der Waals surface area contributed by atoms with Gasteiger partial charge < -0.3 is 4.98 Å². The third kappa shape index (κ3) is 1.95. The molecule has 0 spiro atoms. The summed E-state index contributed by atoms with van der Waals surface area (Å²) in [7, 11) is 0. The number of fused-ring (bicyclic) bond motifs is 1. The number of para-hydroxylation sites is 1. The summed E-state index contributed by atoms with van der Waals surface area (Å²) in [6.45, 7) is 0. The molecule has 0 aliphatic heterocycles. The highest BCUT2D eigenvalue weighted by atomic mass is 79.9. The summed E-state index contributed by atoms with van der Waals surface area (Å²) in [6.07, 6.45) is 0. The van der Waals surface area contributed by atoms with Crippen molar-refractivity contribution in [2.75, 3.05) is 0 Å². The van der Waals surface area contributed by atoms with Crippen LogP contribution in [0.1, 0.15) is 0 Å². The fourth-order valence-corrected chi connectivity index (χ4v) is 2.26. The molecule has 0 amide bonds. The summed E-state index contributed by atoms with van der Waals surface area (Å²) in [6, 6.07) is 15.0. The average molecular weight is 301 g/mol. The number of nitrogens with zero attached hydrogens (tertiary/aromatic N) is 1. The van der Waals surface area contributed by atoms with Crippen LogP contribution in [0.3, 0.4) is 0 Å². The molecule has 0 aliphatic carbocycles. The molecule has 1 N–H and O–H groups in total. The van der Waals surface area contributed by atoms with E-state index in [0.717, 1.165) is 10.0 Å². The van der Waals surface area contributed by atoms with Crippen LogP contribution >= 0.6 is 15.9 Å². The highest BCUT2D eigenvalue weighted by Crippen LogP contribution is 2.20. The molecule has 1 aromatic heterocycles. The molecule has 88 valence electrons. The number of hydrogen-bond acceptors (Lipinski definition) is 2. The van der Waals surface area contributed by atoms with Crippen LogP contribution in [-0.4, -0.2) is 9.97 Å². The van der Waals surface area contributed by atoms with Gasteiger partial charge in [-0.2, -0.15) is 0 Å². The molecule has 4 heteroatoms. The Morgan fingerprint density at radius 2 is 1.89 bits per heavy atom. The molecule has 0 saturated heterocycles. The first-order valence-corrected chi connectivity index (χ1v) is 6.28. The van der Waals surface area contributed by atoms with Gasteiger partial charge in [-0.25, -0.2) is 4.98 Å². The van der Waals surface area contributed by atoms with Crippen LogP contribution in [0.15, 0.2) is 57.8 Å². The summed E-state index contributed by atoms with van der Waals surface area (Å²) < 4.78 is 0.954. The second kappa shape index (κ2) is 4.38. The zero-order valence-electron chi connectivity index (χ0n) is 9.35. The van der Waals surface area contributed by atoms with E-state index in [1.165, 1.54) is 0 Å². The van der Waals surface area contributed by atoms with Gasteiger partial charge in [0.2, 0.25) is 0 Å². The van der Waals surface area contributed by atoms with Crippen LogP contribution in [-0.2, 0) is 0 Å². The minimum atomic E-state index is -0.115. The SMILES string of the molecule is O=c1[nH]c(-c2cccc(Br)c2)nc2ccccc12. The van der Waals surface area contributed by atoms with E-state index >= 15 is 0 Å². The lowest BCUT2D eigenvalue weighted by molar-refractivity contribution is 1.18. The first-order chi connectivity index (χ1) is 8.74. The van der Waals surface area contributed by atoms with Crippen molar-refractivity contribution in [3.8, 4) is 11.4 Å². The van der Waals surface area contributed by atoms with Gasteiger partial charge in [-0.3, -0.25) is 4.79 Å². The van der Waals surface area contributed by atoms with Crippen molar-refractivity contribution >= 4 is 26.8 Å². The van der Waals surface area contributed by atoms with E-state index in [-0.39, 0.29) is 5.56 Å². The van der Waals surface area contributed by atoms with Crippen molar-refractivity contribution in [1.29, 1.82) is 0 Å². The quantitative estimate of drug-likeness (QED) is 0.749. The van der Waals surface area contributed by atoms with Gasteiger partial charge in [0.1, 0.15) is 5.82 Å². The predicted molar refractivity (Wildman–Crippen MR) is 75.5 cm³/mol. The van der Waals surface area contributed by atoms with Gasteiger partial charge in [0.15, 0.2) is 0 Å². The third-order valence-electron chi connectivity index (χ3n) is 2.71. The van der Waals surface area contributed by atoms with Gasteiger partial charge >= 0.3 is 0 Å². The van der Waals surface area contributed by atoms with Crippen molar-refractivity contribution in [2.24, 2.45) is 0 Å². The molecular formula is C14H9BrN2O. The van der Waals surface area contributed by atoms with E-state index < -0.39 is 0 Å². The summed E-state index contributed by atoms with van der Waals surface area (Å²) in [5.41, 5.74) is 1.47. The number of aromatic nitrogens is 2. The Morgan fingerprint density at radius 3 is 2.72 bits per heavy atom. The van der Waals surface area contributed by atoms with Crippen LogP contribution in [0.4, 0.5) is 0 Å². The molecule has 3 nitrogen and oxygen atoms in total. The molecular weight excluding hydrogens is 292 g/mol. The lowest BCUT2D eigenvalue weighted by atomic mass is 10.2. The molecule has 3 rings (SSSR count). The minimum absolute atomic E-state index is 0.115. The largest absolute Gasteiger partial charge is 0.306 e. The van der Waals surface area contributed by atoms with Crippen molar-refractivity contribution in [2.45, 2.75) is 0 Å². The summed E-state index contributed by atoms with van der Waals surface area (Å²) in [5, 5.41) is 0.608. The standard InChI is InChI=1S/C14H9BrN2O/c15-10-5-3-4-9(8-10)13-16-12-7-2-1-6-11(12)14(18)17-13/h1-8H,(H,16,17,18). The molecule has 1 heterocycles. The topological polar surface area (TPSA) is 45.8 Å². The molecule has 0 fully saturated rings. The summed E-state index contributed by atoms with van der Waals surface area (Å²) in [5.74, 6) is 0.583. The Bertz CT molecular complexity index is 780. The van der Waals surface area contributed by atoms with Gasteiger partial charge in [-0.15, -0.1) is 0 Å². The van der Waals surface area contributed by atoms with E-state index in [0.29, 0.717) is 16.7 Å². The zero-order valence-corrected chi connectivity index (χ0v) is 10.9. The monoisotopic (exact) mass is 300 g/mol. The van der Waals surface area contributed by atoms with Crippen LogP contribution < -0.4 is 5.56 Å². The number of benzene rings is 2. The Kier molecular flexibility index (Phi) is 2.72. The molecule has 0 aliphatic rings. The summed E-state index contributed by atoms with van der Waals surface area (Å²) >= 11 is 3.41. The van der Waals surface area contributed by atoms with E-state index in [9.17, 15) is 4.79 Å². The Hall–Kier alpha value is -1.94. The maximum Gasteiger partial charge on any atom is 0.259 e. The second-order valence-corrected chi connectivity index (χ2v) is 4.86. The first kappa shape index (κ1) is 11.2. The number of aromatic amines is 1. The normalized spacial score (nSPS) is 10.7. The Labute approximate surface area is 112 Å². The van der Waals surface area contributed by atoms with Gasteiger partial charge in [0, 0.05) is 10.0 Å². The number of H-pyrrole nitrogens is 1. The first-order valence-electron chi connectivity index (χ1n) is 5.49. The zero-order chi connectivity index (χ0) is 12.5. The molecule has 18 heavy (non-hydrogen) atoms. The van der Waals surface area contributed by atoms with Crippen LogP contribution in [0.2, 0.25) is 0 Å². The lowest BCUT2D eigenvalue weighted by Gasteiger charge is -2.03. The smallest absolute Gasteiger partial charge is 0.259 e. The second-order valence-electron chi connectivity index (χ2n) is 3.94. The van der Waals surface area contributed by atoms with Crippen molar-refractivity contribution < 1.29 is 0 Å². The van der Waals surface area contributed by atoms with Gasteiger partial charge in [0.05, 0.1) is 10.9 Å². The van der Waals surface area contributed by atoms with Crippen molar-refractivity contribution in [3.05, 3.63) is 63.4 Å². The summed E-state index contributed by atoms with van der Waals surface area (Å²) in [4.78, 5) is 19.2. The number of nitrogens with one attached hydrogen (secondary N) is 1. The molecule has 0 atom stereocenters. The molecule has 2 aromatic carbocycles. The maximum atomic E-state index is 12.0. The van der Waals surface area contributed by atoms with Gasteiger partial charge in [0.25, 0.3) is 5.56 Å². The molecule has 0 radical (unpaired) electrons. The third-order valence-corrected chi connectivity index (χ3v) is 3.20. The Morgan fingerprint density at radius 1 is 1.06 bits per heavy atom. The van der Waals surface area contributed by atoms with E-state index in [1.807, 2.05) is 42.5 Å². The number of halogens is 1. The van der Waals surface area contributed by atoms with E-state index in [1.54, 1.807) is 6.07 Å². The van der Waals surface area contributed by atoms with Crippen LogP contribution in [0.5, 0.6) is 0 Å². The molecule has 0 bridgehead atoms. The van der Waals surface area contributed by atoms with Crippen molar-refractivity contribution in [1.82, 2.24) is 9.97 Å². The fraction of sp³-hybridized carbons (Fsp3) is 0. The van der Waals surface area contributed by atoms with Crippen LogP contribution in [0.25, 0.3) is 22.3 Å². The predicted octanol–water partition coefficient (Wildman–Crippen LogP) is 3.35. The minimum Gasteiger partial charge on any atom is -0.306 e. The highest BCUT2D eigenvalue weighted by molar-refractivity contribution is 9.10.